The number of hydrogen-bond acceptors (Lipinski definition) is 4. The minimum absolute atomic E-state index is 0.0677. The van der Waals surface area contributed by atoms with E-state index in [1.54, 1.807) is 19.2 Å². The van der Waals surface area contributed by atoms with E-state index in [2.05, 4.69) is 11.2 Å². The van der Waals surface area contributed by atoms with Gasteiger partial charge in [0.05, 0.1) is 19.6 Å². The number of nitrogens with one attached hydrogen (secondary N) is 1. The van der Waals surface area contributed by atoms with Gasteiger partial charge >= 0.3 is 0 Å². The third-order valence-corrected chi connectivity index (χ3v) is 5.63. The number of amides is 1. The number of aliphatic hydroxyl groups is 1. The standard InChI is InChI=1S/C24H26ClNO4/c1-3-12-30-22-11-6-17(14-23(22)29-2)20-10-9-19(27)15-21(20)26-24(28)13-16-4-7-18(25)8-5-16/h1,4-8,11,14,19-21,27H,9-10,12-13,15H2,2H3,(H,26,28). The van der Waals surface area contributed by atoms with Crippen molar-refractivity contribution in [3.8, 4) is 23.8 Å². The molecule has 0 aliphatic heterocycles. The Morgan fingerprint density at radius 1 is 1.23 bits per heavy atom. The number of ether oxygens (including phenoxy) is 2. The summed E-state index contributed by atoms with van der Waals surface area (Å²) in [5.41, 5.74) is 1.92. The average Bonchev–Trinajstić information content (AvgIpc) is 2.74. The molecule has 1 saturated carbocycles. The fraction of sp³-hybridized carbons (Fsp3) is 0.375. The maximum absolute atomic E-state index is 12.7. The molecular weight excluding hydrogens is 402 g/mol. The second-order valence-corrected chi connectivity index (χ2v) is 7.89. The predicted octanol–water partition coefficient (Wildman–Crippen LogP) is 3.72. The quantitative estimate of drug-likeness (QED) is 0.661. The molecule has 158 valence electrons. The van der Waals surface area contributed by atoms with Gasteiger partial charge in [0.1, 0.15) is 6.61 Å². The first-order chi connectivity index (χ1) is 14.5. The van der Waals surface area contributed by atoms with Gasteiger partial charge in [0.15, 0.2) is 11.5 Å². The Labute approximate surface area is 182 Å². The predicted molar refractivity (Wildman–Crippen MR) is 117 cm³/mol. The average molecular weight is 428 g/mol. The fourth-order valence-electron chi connectivity index (χ4n) is 3.91. The lowest BCUT2D eigenvalue weighted by atomic mass is 9.78. The van der Waals surface area contributed by atoms with Crippen molar-refractivity contribution in [1.82, 2.24) is 5.32 Å². The van der Waals surface area contributed by atoms with Gasteiger partial charge in [-0.2, -0.15) is 0 Å². The Kier molecular flexibility index (Phi) is 7.62. The molecule has 0 heterocycles. The van der Waals surface area contributed by atoms with Gasteiger partial charge in [-0.3, -0.25) is 4.79 Å². The number of benzene rings is 2. The SMILES string of the molecule is C#CCOc1ccc(C2CCC(O)CC2NC(=O)Cc2ccc(Cl)cc2)cc1OC. The minimum atomic E-state index is -0.429. The summed E-state index contributed by atoms with van der Waals surface area (Å²) < 4.78 is 11.0. The third-order valence-electron chi connectivity index (χ3n) is 5.37. The van der Waals surface area contributed by atoms with E-state index in [1.807, 2.05) is 30.3 Å². The van der Waals surface area contributed by atoms with Crippen LogP contribution in [0.25, 0.3) is 0 Å². The van der Waals surface area contributed by atoms with Gasteiger partial charge in [0.2, 0.25) is 5.91 Å². The smallest absolute Gasteiger partial charge is 0.224 e. The molecule has 1 fully saturated rings. The maximum Gasteiger partial charge on any atom is 0.224 e. The third kappa shape index (κ3) is 5.69. The summed E-state index contributed by atoms with van der Waals surface area (Å²) in [4.78, 5) is 12.7. The Hall–Kier alpha value is -2.68. The zero-order valence-electron chi connectivity index (χ0n) is 16.9. The summed E-state index contributed by atoms with van der Waals surface area (Å²) in [6.07, 6.45) is 7.06. The maximum atomic E-state index is 12.7. The molecule has 0 radical (unpaired) electrons. The van der Waals surface area contributed by atoms with Gasteiger partial charge in [0.25, 0.3) is 0 Å². The lowest BCUT2D eigenvalue weighted by Crippen LogP contribution is -2.45. The lowest BCUT2D eigenvalue weighted by Gasteiger charge is -2.35. The molecule has 0 aromatic heterocycles. The minimum Gasteiger partial charge on any atom is -0.493 e. The van der Waals surface area contributed by atoms with Gasteiger partial charge in [-0.1, -0.05) is 35.7 Å². The molecule has 0 bridgehead atoms. The van der Waals surface area contributed by atoms with Crippen molar-refractivity contribution < 1.29 is 19.4 Å². The van der Waals surface area contributed by atoms with Gasteiger partial charge < -0.3 is 19.9 Å². The van der Waals surface area contributed by atoms with E-state index in [9.17, 15) is 9.90 Å². The van der Waals surface area contributed by atoms with E-state index in [4.69, 9.17) is 27.5 Å². The summed E-state index contributed by atoms with van der Waals surface area (Å²) in [7, 11) is 1.58. The Bertz CT molecular complexity index is 906. The Morgan fingerprint density at radius 3 is 2.70 bits per heavy atom. The highest BCUT2D eigenvalue weighted by molar-refractivity contribution is 6.30. The van der Waals surface area contributed by atoms with E-state index in [-0.39, 0.29) is 30.9 Å². The van der Waals surface area contributed by atoms with Crippen LogP contribution in [0, 0.1) is 12.3 Å². The molecule has 1 amide bonds. The number of carbonyl (C=O) groups is 1. The van der Waals surface area contributed by atoms with E-state index in [0.29, 0.717) is 29.4 Å². The molecule has 3 unspecified atom stereocenters. The topological polar surface area (TPSA) is 67.8 Å². The first-order valence-corrected chi connectivity index (χ1v) is 10.3. The summed E-state index contributed by atoms with van der Waals surface area (Å²) >= 11 is 5.91. The van der Waals surface area contributed by atoms with Crippen LogP contribution in [0.1, 0.15) is 36.3 Å². The zero-order chi connectivity index (χ0) is 21.5. The van der Waals surface area contributed by atoms with Crippen molar-refractivity contribution in [2.75, 3.05) is 13.7 Å². The van der Waals surface area contributed by atoms with Crippen LogP contribution in [0.2, 0.25) is 5.02 Å². The molecule has 1 aliphatic rings. The highest BCUT2D eigenvalue weighted by Crippen LogP contribution is 2.37. The molecule has 3 rings (SSSR count). The normalized spacial score (nSPS) is 20.8. The molecule has 0 spiro atoms. The van der Waals surface area contributed by atoms with Crippen LogP contribution >= 0.6 is 11.6 Å². The Balaban J connectivity index is 1.74. The highest BCUT2D eigenvalue weighted by Gasteiger charge is 2.32. The van der Waals surface area contributed by atoms with Crippen molar-refractivity contribution >= 4 is 17.5 Å². The van der Waals surface area contributed by atoms with E-state index in [1.165, 1.54) is 0 Å². The largest absolute Gasteiger partial charge is 0.493 e. The number of terminal acetylenes is 1. The second-order valence-electron chi connectivity index (χ2n) is 7.45. The molecular formula is C24H26ClNO4. The number of hydrogen-bond donors (Lipinski definition) is 2. The first-order valence-electron chi connectivity index (χ1n) is 9.96. The summed E-state index contributed by atoms with van der Waals surface area (Å²) in [6, 6.07) is 12.8. The van der Waals surface area contributed by atoms with Crippen LogP contribution in [0.15, 0.2) is 42.5 Å². The van der Waals surface area contributed by atoms with E-state index < -0.39 is 6.10 Å². The summed E-state index contributed by atoms with van der Waals surface area (Å²) in [5, 5.41) is 13.9. The van der Waals surface area contributed by atoms with Crippen LogP contribution in [-0.2, 0) is 11.2 Å². The number of methoxy groups -OCH3 is 1. The summed E-state index contributed by atoms with van der Waals surface area (Å²) in [6.45, 7) is 0.161. The lowest BCUT2D eigenvalue weighted by molar-refractivity contribution is -0.121. The summed E-state index contributed by atoms with van der Waals surface area (Å²) in [5.74, 6) is 3.61. The van der Waals surface area contributed by atoms with Gasteiger partial charge in [-0.25, -0.2) is 0 Å². The molecule has 3 atom stereocenters. The van der Waals surface area contributed by atoms with Crippen LogP contribution in [0.3, 0.4) is 0 Å². The number of halogens is 1. The monoisotopic (exact) mass is 427 g/mol. The molecule has 1 aliphatic carbocycles. The molecule has 6 heteroatoms. The van der Waals surface area contributed by atoms with Crippen molar-refractivity contribution in [2.45, 2.75) is 43.7 Å². The number of carbonyl (C=O) groups excluding carboxylic acids is 1. The van der Waals surface area contributed by atoms with E-state index in [0.717, 1.165) is 17.5 Å². The van der Waals surface area contributed by atoms with Crippen molar-refractivity contribution in [1.29, 1.82) is 0 Å². The van der Waals surface area contributed by atoms with E-state index >= 15 is 0 Å². The zero-order valence-corrected chi connectivity index (χ0v) is 17.7. The van der Waals surface area contributed by atoms with Gasteiger partial charge in [-0.05, 0) is 54.7 Å². The van der Waals surface area contributed by atoms with Crippen LogP contribution < -0.4 is 14.8 Å². The van der Waals surface area contributed by atoms with Crippen LogP contribution in [-0.4, -0.2) is 36.9 Å². The Morgan fingerprint density at radius 2 is 2.00 bits per heavy atom. The van der Waals surface area contributed by atoms with Crippen molar-refractivity contribution in [3.05, 3.63) is 58.6 Å². The molecule has 5 nitrogen and oxygen atoms in total. The highest BCUT2D eigenvalue weighted by atomic mass is 35.5. The van der Waals surface area contributed by atoms with Crippen LogP contribution in [0.5, 0.6) is 11.5 Å². The molecule has 0 saturated heterocycles. The molecule has 2 aromatic rings. The van der Waals surface area contributed by atoms with Crippen LogP contribution in [0.4, 0.5) is 0 Å². The van der Waals surface area contributed by atoms with Crippen molar-refractivity contribution in [2.24, 2.45) is 0 Å². The second kappa shape index (κ2) is 10.4. The van der Waals surface area contributed by atoms with Gasteiger partial charge in [0, 0.05) is 17.0 Å². The molecule has 2 aromatic carbocycles. The van der Waals surface area contributed by atoms with Gasteiger partial charge in [-0.15, -0.1) is 6.42 Å². The molecule has 2 N–H and O–H groups in total. The first kappa shape index (κ1) is 22.0. The number of aliphatic hydroxyl groups excluding tert-OH is 1. The van der Waals surface area contributed by atoms with Crippen molar-refractivity contribution in [3.63, 3.8) is 0 Å². The molecule has 30 heavy (non-hydrogen) atoms. The number of rotatable bonds is 7. The fourth-order valence-corrected chi connectivity index (χ4v) is 4.03.